The van der Waals surface area contributed by atoms with Crippen LogP contribution < -0.4 is 30.2 Å². The predicted molar refractivity (Wildman–Crippen MR) is 124 cm³/mol. The van der Waals surface area contributed by atoms with Gasteiger partial charge in [0.25, 0.3) is 0 Å². The molecule has 3 unspecified atom stereocenters. The highest BCUT2D eigenvalue weighted by molar-refractivity contribution is 5.93. The van der Waals surface area contributed by atoms with E-state index in [-0.39, 0.29) is 29.7 Å². The number of carbonyl (C=O) groups is 2. The van der Waals surface area contributed by atoms with Crippen LogP contribution in [0.5, 0.6) is 23.0 Å². The van der Waals surface area contributed by atoms with Gasteiger partial charge in [-0.25, -0.2) is 9.78 Å². The van der Waals surface area contributed by atoms with Gasteiger partial charge in [0, 0.05) is 29.4 Å². The van der Waals surface area contributed by atoms with E-state index in [0.717, 1.165) is 23.3 Å². The molecule has 3 N–H and O–H groups in total. The average Bonchev–Trinajstić information content (AvgIpc) is 3.35. The Hall–Kier alpha value is -4.48. The van der Waals surface area contributed by atoms with Crippen molar-refractivity contribution in [1.82, 2.24) is 10.3 Å². The number of alkyl halides is 3. The van der Waals surface area contributed by atoms with Crippen LogP contribution in [-0.2, 0) is 11.2 Å². The second kappa shape index (κ2) is 8.57. The molecule has 12 heteroatoms. The van der Waals surface area contributed by atoms with Crippen molar-refractivity contribution in [3.63, 3.8) is 0 Å². The fourth-order valence-corrected chi connectivity index (χ4v) is 4.61. The number of urea groups is 1. The summed E-state index contributed by atoms with van der Waals surface area (Å²) in [7, 11) is 0. The van der Waals surface area contributed by atoms with Crippen molar-refractivity contribution < 1.29 is 37.0 Å². The zero-order valence-electron chi connectivity index (χ0n) is 19.0. The van der Waals surface area contributed by atoms with Crippen LogP contribution in [-0.4, -0.2) is 35.4 Å². The van der Waals surface area contributed by atoms with E-state index in [9.17, 15) is 22.8 Å². The molecule has 0 saturated heterocycles. The first-order valence-electron chi connectivity index (χ1n) is 11.4. The van der Waals surface area contributed by atoms with Gasteiger partial charge >= 0.3 is 12.4 Å². The van der Waals surface area contributed by atoms with Crippen molar-refractivity contribution in [1.29, 1.82) is 0 Å². The van der Waals surface area contributed by atoms with Gasteiger partial charge < -0.3 is 30.2 Å². The molecular weight excluding hydrogens is 493 g/mol. The lowest BCUT2D eigenvalue weighted by Crippen LogP contribution is -2.34. The highest BCUT2D eigenvalue weighted by Crippen LogP contribution is 2.54. The summed E-state index contributed by atoms with van der Waals surface area (Å²) in [5, 5.41) is 8.17. The van der Waals surface area contributed by atoms with Crippen molar-refractivity contribution in [2.24, 2.45) is 0 Å². The number of hydrogen-bond acceptors (Lipinski definition) is 6. The fourth-order valence-electron chi connectivity index (χ4n) is 4.61. The number of rotatable bonds is 5. The number of aromatic nitrogens is 1. The fraction of sp³-hybridized carbons (Fsp3) is 0.240. The highest BCUT2D eigenvalue weighted by Gasteiger charge is 2.59. The van der Waals surface area contributed by atoms with Crippen LogP contribution in [0.1, 0.15) is 23.5 Å². The van der Waals surface area contributed by atoms with Gasteiger partial charge in [-0.1, -0.05) is 0 Å². The molecule has 190 valence electrons. The molecule has 3 aromatic rings. The zero-order chi connectivity index (χ0) is 25.7. The molecule has 0 spiro atoms. The van der Waals surface area contributed by atoms with Gasteiger partial charge in [-0.3, -0.25) is 4.79 Å². The van der Waals surface area contributed by atoms with E-state index in [2.05, 4.69) is 25.7 Å². The number of amides is 3. The Labute approximate surface area is 207 Å². The van der Waals surface area contributed by atoms with E-state index in [1.165, 1.54) is 12.1 Å². The molecule has 1 aliphatic carbocycles. The van der Waals surface area contributed by atoms with Crippen LogP contribution >= 0.6 is 0 Å². The molecule has 37 heavy (non-hydrogen) atoms. The van der Waals surface area contributed by atoms with Crippen LogP contribution in [0.4, 0.5) is 29.5 Å². The Morgan fingerprint density at radius 2 is 1.86 bits per heavy atom. The number of halogens is 3. The Balaban J connectivity index is 1.09. The number of hydrogen-bond donors (Lipinski definition) is 3. The van der Waals surface area contributed by atoms with Crippen molar-refractivity contribution >= 4 is 23.4 Å². The van der Waals surface area contributed by atoms with Crippen LogP contribution in [0.3, 0.4) is 0 Å². The van der Waals surface area contributed by atoms with Crippen LogP contribution in [0.15, 0.2) is 54.7 Å². The Bertz CT molecular complexity index is 1400. The van der Waals surface area contributed by atoms with Gasteiger partial charge in [0.15, 0.2) is 0 Å². The number of nitrogens with zero attached hydrogens (tertiary/aromatic N) is 1. The minimum atomic E-state index is -4.79. The van der Waals surface area contributed by atoms with Crippen LogP contribution in [0.25, 0.3) is 0 Å². The number of pyridine rings is 1. The van der Waals surface area contributed by atoms with Gasteiger partial charge in [0.05, 0.1) is 12.0 Å². The molecular formula is C25H19F3N4O5. The van der Waals surface area contributed by atoms with Crippen LogP contribution in [0.2, 0.25) is 0 Å². The van der Waals surface area contributed by atoms with Gasteiger partial charge in [-0.2, -0.15) is 0 Å². The number of carbonyl (C=O) groups excluding carboxylic acids is 2. The first kappa shape index (κ1) is 23.0. The van der Waals surface area contributed by atoms with E-state index >= 15 is 0 Å². The van der Waals surface area contributed by atoms with E-state index in [1.807, 2.05) is 12.1 Å². The lowest BCUT2D eigenvalue weighted by atomic mass is 10.1. The molecule has 9 nitrogen and oxygen atoms in total. The maximum atomic E-state index is 12.4. The van der Waals surface area contributed by atoms with Crippen molar-refractivity contribution in [3.8, 4) is 23.0 Å². The molecule has 1 aromatic heterocycles. The summed E-state index contributed by atoms with van der Waals surface area (Å²) in [6, 6.07) is 11.3. The molecule has 0 bridgehead atoms. The Morgan fingerprint density at radius 1 is 1.08 bits per heavy atom. The lowest BCUT2D eigenvalue weighted by Gasteiger charge is -2.19. The summed E-state index contributed by atoms with van der Waals surface area (Å²) in [5.41, 5.74) is 2.04. The molecule has 6 rings (SSSR count). The Morgan fingerprint density at radius 3 is 2.65 bits per heavy atom. The van der Waals surface area contributed by atoms with Gasteiger partial charge in [0.1, 0.15) is 34.9 Å². The van der Waals surface area contributed by atoms with Gasteiger partial charge in [0.2, 0.25) is 5.91 Å². The molecule has 3 aliphatic rings. The summed E-state index contributed by atoms with van der Waals surface area (Å²) in [4.78, 5) is 28.3. The van der Waals surface area contributed by atoms with E-state index in [4.69, 9.17) is 9.47 Å². The number of fused-ring (bicyclic) bond motifs is 4. The smallest absolute Gasteiger partial charge is 0.487 e. The third kappa shape index (κ3) is 4.69. The summed E-state index contributed by atoms with van der Waals surface area (Å²) < 4.78 is 52.8. The normalized spacial score (nSPS) is 20.9. The minimum absolute atomic E-state index is 0.0579. The number of ether oxygens (including phenoxy) is 3. The van der Waals surface area contributed by atoms with Crippen molar-refractivity contribution in [2.45, 2.75) is 37.3 Å². The molecule has 3 amide bonds. The molecule has 3 heterocycles. The standard InChI is InChI=1S/C25H19F3N4O5/c26-25(27,28)37-13-3-1-12(2-4-13)30-24(34)32-21-20-16-11-14(5-7-17(16)36-22(20)21)35-18-9-10-29-23-15(18)6-8-19(33)31-23/h1-5,7,9-11,20-22H,6,8H2,(H,29,31,33)(H2,30,32,34). The molecule has 1 saturated carbocycles. The quantitative estimate of drug-likeness (QED) is 0.457. The first-order valence-corrected chi connectivity index (χ1v) is 11.4. The molecule has 2 aromatic carbocycles. The number of benzene rings is 2. The summed E-state index contributed by atoms with van der Waals surface area (Å²) in [6.07, 6.45) is -2.54. The molecule has 1 fully saturated rings. The van der Waals surface area contributed by atoms with E-state index in [0.29, 0.717) is 41.6 Å². The van der Waals surface area contributed by atoms with Crippen molar-refractivity contribution in [2.75, 3.05) is 10.6 Å². The molecule has 0 radical (unpaired) electrons. The van der Waals surface area contributed by atoms with E-state index < -0.39 is 12.4 Å². The Kier molecular flexibility index (Phi) is 5.32. The van der Waals surface area contributed by atoms with Gasteiger partial charge in [-0.15, -0.1) is 13.2 Å². The minimum Gasteiger partial charge on any atom is -0.487 e. The largest absolute Gasteiger partial charge is 0.573 e. The molecule has 2 aliphatic heterocycles. The third-order valence-electron chi connectivity index (χ3n) is 6.30. The monoisotopic (exact) mass is 512 g/mol. The summed E-state index contributed by atoms with van der Waals surface area (Å²) in [5.74, 6) is 1.89. The van der Waals surface area contributed by atoms with Gasteiger partial charge in [-0.05, 0) is 55.0 Å². The van der Waals surface area contributed by atoms with Crippen LogP contribution in [0, 0.1) is 0 Å². The second-order valence-electron chi connectivity index (χ2n) is 8.79. The first-order chi connectivity index (χ1) is 17.7. The molecule has 3 atom stereocenters. The number of nitrogens with one attached hydrogen (secondary N) is 3. The zero-order valence-corrected chi connectivity index (χ0v) is 19.0. The maximum absolute atomic E-state index is 12.4. The topological polar surface area (TPSA) is 111 Å². The number of anilines is 2. The lowest BCUT2D eigenvalue weighted by molar-refractivity contribution is -0.274. The average molecular weight is 512 g/mol. The second-order valence-corrected chi connectivity index (χ2v) is 8.79. The van der Waals surface area contributed by atoms with E-state index in [1.54, 1.807) is 18.3 Å². The van der Waals surface area contributed by atoms with Crippen molar-refractivity contribution in [3.05, 3.63) is 65.9 Å². The summed E-state index contributed by atoms with van der Waals surface area (Å²) >= 11 is 0. The highest BCUT2D eigenvalue weighted by atomic mass is 19.4. The SMILES string of the molecule is O=C1CCc2c(Oc3ccc4c(c3)C3C(NC(=O)Nc5ccc(OC(F)(F)F)cc5)C3O4)ccnc2N1. The third-order valence-corrected chi connectivity index (χ3v) is 6.30. The summed E-state index contributed by atoms with van der Waals surface area (Å²) in [6.45, 7) is 0. The predicted octanol–water partition coefficient (Wildman–Crippen LogP) is 4.71. The maximum Gasteiger partial charge on any atom is 0.573 e.